The van der Waals surface area contributed by atoms with Crippen LogP contribution in [0.3, 0.4) is 0 Å². The molecule has 1 saturated heterocycles. The number of carbonyl (C=O) groups is 1. The number of thioether (sulfide) groups is 1. The highest BCUT2D eigenvalue weighted by Gasteiger charge is 2.33. The maximum Gasteiger partial charge on any atom is 0.270 e. The SMILES string of the molecule is CCOc1cc(/C=C2\SC(=S)N(c3ccc([N+](=O)[O-])cc3)C2=O)cc(I)c1OCc1ccccc1. The lowest BCUT2D eigenvalue weighted by Gasteiger charge is -2.15. The number of carbonyl (C=O) groups excluding carboxylic acids is 1. The third-order valence-corrected chi connectivity index (χ3v) is 7.07. The fourth-order valence-electron chi connectivity index (χ4n) is 3.37. The molecule has 0 N–H and O–H groups in total. The van der Waals surface area contributed by atoms with E-state index in [1.807, 2.05) is 49.4 Å². The van der Waals surface area contributed by atoms with Gasteiger partial charge in [0.2, 0.25) is 0 Å². The second-order valence-corrected chi connectivity index (χ2v) is 10.2. The summed E-state index contributed by atoms with van der Waals surface area (Å²) in [6.45, 7) is 2.77. The Labute approximate surface area is 225 Å². The first-order valence-electron chi connectivity index (χ1n) is 10.5. The number of nitrogens with zero attached hydrogens (tertiary/aromatic N) is 2. The van der Waals surface area contributed by atoms with Crippen LogP contribution in [0.15, 0.2) is 71.6 Å². The zero-order valence-electron chi connectivity index (χ0n) is 18.5. The molecule has 0 atom stereocenters. The minimum atomic E-state index is -0.487. The van der Waals surface area contributed by atoms with Crippen LogP contribution >= 0.6 is 46.6 Å². The lowest BCUT2D eigenvalue weighted by atomic mass is 10.1. The molecule has 0 saturated carbocycles. The van der Waals surface area contributed by atoms with E-state index in [-0.39, 0.29) is 11.6 Å². The molecule has 1 aliphatic heterocycles. The number of halogens is 1. The molecule has 3 aromatic carbocycles. The van der Waals surface area contributed by atoms with Gasteiger partial charge in [-0.3, -0.25) is 19.8 Å². The average Bonchev–Trinajstić information content (AvgIpc) is 3.12. The molecule has 7 nitrogen and oxygen atoms in total. The monoisotopic (exact) mass is 618 g/mol. The largest absolute Gasteiger partial charge is 0.490 e. The number of anilines is 1. The molecule has 3 aromatic rings. The van der Waals surface area contributed by atoms with Crippen LogP contribution in [0.4, 0.5) is 11.4 Å². The van der Waals surface area contributed by atoms with Gasteiger partial charge in [-0.2, -0.15) is 0 Å². The van der Waals surface area contributed by atoms with Gasteiger partial charge in [0.15, 0.2) is 15.8 Å². The van der Waals surface area contributed by atoms with Crippen molar-refractivity contribution in [3.63, 3.8) is 0 Å². The Morgan fingerprint density at radius 2 is 1.83 bits per heavy atom. The highest BCUT2D eigenvalue weighted by Crippen LogP contribution is 2.39. The van der Waals surface area contributed by atoms with Crippen molar-refractivity contribution in [1.29, 1.82) is 0 Å². The Kier molecular flexibility index (Phi) is 8.04. The third-order valence-electron chi connectivity index (χ3n) is 4.97. The van der Waals surface area contributed by atoms with Crippen LogP contribution in [0.25, 0.3) is 6.08 Å². The van der Waals surface area contributed by atoms with Crippen LogP contribution in [0.5, 0.6) is 11.5 Å². The number of non-ortho nitro benzene ring substituents is 1. The molecule has 1 heterocycles. The summed E-state index contributed by atoms with van der Waals surface area (Å²) < 4.78 is 13.1. The highest BCUT2D eigenvalue weighted by atomic mass is 127. The van der Waals surface area contributed by atoms with Gasteiger partial charge in [-0.05, 0) is 71.0 Å². The Morgan fingerprint density at radius 1 is 1.11 bits per heavy atom. The number of amides is 1. The van der Waals surface area contributed by atoms with Crippen molar-refractivity contribution in [2.45, 2.75) is 13.5 Å². The molecule has 0 bridgehead atoms. The van der Waals surface area contributed by atoms with E-state index >= 15 is 0 Å². The summed E-state index contributed by atoms with van der Waals surface area (Å²) in [6.07, 6.45) is 1.76. The number of hydrogen-bond acceptors (Lipinski definition) is 7. The fraction of sp³-hybridized carbons (Fsp3) is 0.120. The number of ether oxygens (including phenoxy) is 2. The standard InChI is InChI=1S/C25H19IN2O5S2/c1-2-32-21-13-17(12-20(26)23(21)33-15-16-6-4-3-5-7-16)14-22-24(29)27(25(34)35-22)18-8-10-19(11-9-18)28(30)31/h3-14H,2,15H2,1H3/b22-14-. The summed E-state index contributed by atoms with van der Waals surface area (Å²) >= 11 is 8.79. The van der Waals surface area contributed by atoms with Gasteiger partial charge in [-0.1, -0.05) is 54.3 Å². The Balaban J connectivity index is 1.59. The lowest BCUT2D eigenvalue weighted by Crippen LogP contribution is -2.27. The topological polar surface area (TPSA) is 81.9 Å². The summed E-state index contributed by atoms with van der Waals surface area (Å²) in [4.78, 5) is 25.4. The Morgan fingerprint density at radius 3 is 2.49 bits per heavy atom. The minimum absolute atomic E-state index is 0.0534. The van der Waals surface area contributed by atoms with Crippen LogP contribution in [0.1, 0.15) is 18.1 Å². The van der Waals surface area contributed by atoms with Crippen molar-refractivity contribution >= 4 is 74.2 Å². The fourth-order valence-corrected chi connectivity index (χ4v) is 5.45. The maximum absolute atomic E-state index is 13.1. The summed E-state index contributed by atoms with van der Waals surface area (Å²) in [7, 11) is 0. The molecule has 1 aliphatic rings. The van der Waals surface area contributed by atoms with Gasteiger partial charge in [0.1, 0.15) is 6.61 Å². The molecule has 0 unspecified atom stereocenters. The predicted molar refractivity (Wildman–Crippen MR) is 150 cm³/mol. The van der Waals surface area contributed by atoms with Crippen molar-refractivity contribution in [2.24, 2.45) is 0 Å². The molecule has 35 heavy (non-hydrogen) atoms. The Bertz CT molecular complexity index is 1310. The van der Waals surface area contributed by atoms with E-state index in [0.717, 1.165) is 14.7 Å². The van der Waals surface area contributed by atoms with Crippen LogP contribution in [-0.4, -0.2) is 21.8 Å². The molecule has 10 heteroatoms. The van der Waals surface area contributed by atoms with Crippen LogP contribution in [0.2, 0.25) is 0 Å². The number of nitro benzene ring substituents is 1. The number of hydrogen-bond donors (Lipinski definition) is 0. The van der Waals surface area contributed by atoms with E-state index in [2.05, 4.69) is 22.6 Å². The van der Waals surface area contributed by atoms with Crippen LogP contribution in [0, 0.1) is 13.7 Å². The van der Waals surface area contributed by atoms with Crippen LogP contribution in [-0.2, 0) is 11.4 Å². The van der Waals surface area contributed by atoms with E-state index in [1.165, 1.54) is 40.9 Å². The number of benzene rings is 3. The smallest absolute Gasteiger partial charge is 0.270 e. The second kappa shape index (κ2) is 11.2. The number of thiocarbonyl (C=S) groups is 1. The van der Waals surface area contributed by atoms with E-state index in [1.54, 1.807) is 6.08 Å². The molecular weight excluding hydrogens is 599 g/mol. The van der Waals surface area contributed by atoms with E-state index < -0.39 is 4.92 Å². The molecule has 0 radical (unpaired) electrons. The van der Waals surface area contributed by atoms with Gasteiger partial charge >= 0.3 is 0 Å². The van der Waals surface area contributed by atoms with E-state index in [0.29, 0.717) is 39.6 Å². The first-order valence-corrected chi connectivity index (χ1v) is 12.8. The van der Waals surface area contributed by atoms with E-state index in [9.17, 15) is 14.9 Å². The molecule has 0 spiro atoms. The van der Waals surface area contributed by atoms with Crippen molar-refractivity contribution in [3.05, 3.63) is 96.4 Å². The lowest BCUT2D eigenvalue weighted by molar-refractivity contribution is -0.384. The van der Waals surface area contributed by atoms with Gasteiger partial charge in [-0.15, -0.1) is 0 Å². The quantitative estimate of drug-likeness (QED) is 0.0928. The van der Waals surface area contributed by atoms with Gasteiger partial charge in [0.25, 0.3) is 11.6 Å². The summed E-state index contributed by atoms with van der Waals surface area (Å²) in [5, 5.41) is 10.9. The van der Waals surface area contributed by atoms with Gasteiger partial charge in [-0.25, -0.2) is 0 Å². The molecule has 178 valence electrons. The Hall–Kier alpha value is -2.96. The third kappa shape index (κ3) is 5.82. The zero-order valence-corrected chi connectivity index (χ0v) is 22.3. The van der Waals surface area contributed by atoms with Crippen molar-refractivity contribution in [3.8, 4) is 11.5 Å². The number of nitro groups is 1. The average molecular weight is 618 g/mol. The minimum Gasteiger partial charge on any atom is -0.490 e. The van der Waals surface area contributed by atoms with E-state index in [4.69, 9.17) is 21.7 Å². The van der Waals surface area contributed by atoms with Crippen molar-refractivity contribution in [2.75, 3.05) is 11.5 Å². The van der Waals surface area contributed by atoms with Crippen LogP contribution < -0.4 is 14.4 Å². The molecule has 0 aromatic heterocycles. The number of rotatable bonds is 8. The zero-order chi connectivity index (χ0) is 24.9. The molecule has 0 aliphatic carbocycles. The maximum atomic E-state index is 13.1. The molecule has 1 fully saturated rings. The normalized spacial score (nSPS) is 14.5. The highest BCUT2D eigenvalue weighted by molar-refractivity contribution is 14.1. The predicted octanol–water partition coefficient (Wildman–Crippen LogP) is 6.58. The van der Waals surface area contributed by atoms with Gasteiger partial charge < -0.3 is 9.47 Å². The van der Waals surface area contributed by atoms with Gasteiger partial charge in [0, 0.05) is 12.1 Å². The first-order chi connectivity index (χ1) is 16.9. The molecule has 4 rings (SSSR count). The summed E-state index contributed by atoms with van der Waals surface area (Å²) in [6, 6.07) is 19.4. The summed E-state index contributed by atoms with van der Waals surface area (Å²) in [5.41, 5.74) is 2.25. The summed E-state index contributed by atoms with van der Waals surface area (Å²) in [5.74, 6) is 0.950. The van der Waals surface area contributed by atoms with Gasteiger partial charge in [0.05, 0.1) is 25.7 Å². The second-order valence-electron chi connectivity index (χ2n) is 7.33. The molecule has 1 amide bonds. The first kappa shape index (κ1) is 25.1. The van der Waals surface area contributed by atoms with Crippen molar-refractivity contribution in [1.82, 2.24) is 0 Å². The van der Waals surface area contributed by atoms with Crippen molar-refractivity contribution < 1.29 is 19.2 Å². The molecular formula is C25H19IN2O5S2.